The van der Waals surface area contributed by atoms with Gasteiger partial charge in [0.2, 0.25) is 0 Å². The van der Waals surface area contributed by atoms with E-state index in [1.165, 1.54) is 21.3 Å². The molecule has 0 radical (unpaired) electrons. The van der Waals surface area contributed by atoms with Crippen molar-refractivity contribution in [2.45, 2.75) is 24.8 Å². The van der Waals surface area contributed by atoms with Crippen molar-refractivity contribution in [3.8, 4) is 0 Å². The molecule has 0 saturated heterocycles. The number of allylic oxidation sites excluding steroid dienone is 1. The zero-order valence-electron chi connectivity index (χ0n) is 10.2. The normalized spacial score (nSPS) is 13.6. The molecule has 0 aliphatic rings. The van der Waals surface area contributed by atoms with Crippen LogP contribution in [0.1, 0.15) is 13.3 Å². The van der Waals surface area contributed by atoms with Gasteiger partial charge >= 0.3 is 8.80 Å². The van der Waals surface area contributed by atoms with Crippen LogP contribution in [0.2, 0.25) is 6.04 Å². The van der Waals surface area contributed by atoms with Crippen LogP contribution in [-0.2, 0) is 18.1 Å². The first-order valence-electron chi connectivity index (χ1n) is 4.91. The maximum atomic E-state index is 11.5. The molecule has 0 aromatic rings. The van der Waals surface area contributed by atoms with Crippen molar-refractivity contribution in [1.29, 1.82) is 0 Å². The van der Waals surface area contributed by atoms with Gasteiger partial charge in [-0.3, -0.25) is 4.79 Å². The molecule has 0 aliphatic carbocycles. The first kappa shape index (κ1) is 15.8. The Bertz CT molecular complexity index is 245. The van der Waals surface area contributed by atoms with Crippen molar-refractivity contribution in [1.82, 2.24) is 0 Å². The fourth-order valence-electron chi connectivity index (χ4n) is 1.26. The molecule has 0 aromatic carbocycles. The molecular formula is C10H19ClO4Si. The largest absolute Gasteiger partial charge is 0.500 e. The molecule has 4 nitrogen and oxygen atoms in total. The van der Waals surface area contributed by atoms with Crippen LogP contribution in [0.5, 0.6) is 0 Å². The van der Waals surface area contributed by atoms with E-state index in [-0.39, 0.29) is 5.78 Å². The quantitative estimate of drug-likeness (QED) is 0.383. The second-order valence-electron chi connectivity index (χ2n) is 3.45. The minimum Gasteiger partial charge on any atom is -0.377 e. The lowest BCUT2D eigenvalue weighted by Crippen LogP contribution is -2.43. The molecule has 0 aromatic heterocycles. The number of hydrogen-bond donors (Lipinski definition) is 0. The smallest absolute Gasteiger partial charge is 0.377 e. The fraction of sp³-hybridized carbons (Fsp3) is 0.700. The van der Waals surface area contributed by atoms with Crippen LogP contribution in [0.25, 0.3) is 0 Å². The van der Waals surface area contributed by atoms with Crippen molar-refractivity contribution in [2.24, 2.45) is 0 Å². The first-order valence-corrected chi connectivity index (χ1v) is 7.28. The van der Waals surface area contributed by atoms with E-state index in [9.17, 15) is 4.79 Å². The highest BCUT2D eigenvalue weighted by Crippen LogP contribution is 2.20. The number of halogens is 1. The predicted octanol–water partition coefficient (Wildman–Crippen LogP) is 2.01. The molecule has 0 spiro atoms. The van der Waals surface area contributed by atoms with Crippen LogP contribution < -0.4 is 0 Å². The van der Waals surface area contributed by atoms with E-state index in [1.807, 2.05) is 0 Å². The van der Waals surface area contributed by atoms with E-state index in [2.05, 4.69) is 6.58 Å². The summed E-state index contributed by atoms with van der Waals surface area (Å²) in [5.74, 6) is -0.145. The van der Waals surface area contributed by atoms with Crippen LogP contribution in [0.4, 0.5) is 0 Å². The molecule has 1 atom stereocenters. The average Bonchev–Trinajstić information content (AvgIpc) is 2.30. The Hall–Kier alpha value is -0.203. The number of ketones is 1. The van der Waals surface area contributed by atoms with Gasteiger partial charge in [-0.15, -0.1) is 11.6 Å². The molecule has 0 bridgehead atoms. The monoisotopic (exact) mass is 266 g/mol. The molecule has 0 rings (SSSR count). The van der Waals surface area contributed by atoms with Crippen LogP contribution >= 0.6 is 11.6 Å². The molecule has 0 amide bonds. The van der Waals surface area contributed by atoms with Gasteiger partial charge < -0.3 is 13.3 Å². The summed E-state index contributed by atoms with van der Waals surface area (Å²) in [6.45, 7) is 5.21. The van der Waals surface area contributed by atoms with Crippen molar-refractivity contribution >= 4 is 26.2 Å². The Morgan fingerprint density at radius 2 is 1.75 bits per heavy atom. The summed E-state index contributed by atoms with van der Waals surface area (Å²) in [4.78, 5) is 11.5. The van der Waals surface area contributed by atoms with Gasteiger partial charge in [-0.25, -0.2) is 0 Å². The lowest BCUT2D eigenvalue weighted by Gasteiger charge is -2.24. The topological polar surface area (TPSA) is 44.8 Å². The summed E-state index contributed by atoms with van der Waals surface area (Å²) in [7, 11) is 1.97. The van der Waals surface area contributed by atoms with Gasteiger partial charge in [0, 0.05) is 27.4 Å². The van der Waals surface area contributed by atoms with Crippen LogP contribution in [0.3, 0.4) is 0 Å². The van der Waals surface area contributed by atoms with Gasteiger partial charge in [-0.1, -0.05) is 6.58 Å². The lowest BCUT2D eigenvalue weighted by atomic mass is 10.1. The minimum atomic E-state index is -2.63. The summed E-state index contributed by atoms with van der Waals surface area (Å²) >= 11 is 5.95. The summed E-state index contributed by atoms with van der Waals surface area (Å²) in [5, 5.41) is -0.593. The number of alkyl halides is 1. The van der Waals surface area contributed by atoms with Gasteiger partial charge in [0.1, 0.15) is 0 Å². The zero-order valence-corrected chi connectivity index (χ0v) is 12.0. The molecule has 94 valence electrons. The van der Waals surface area contributed by atoms with E-state index >= 15 is 0 Å². The highest BCUT2D eigenvalue weighted by Gasteiger charge is 2.38. The molecule has 0 saturated carbocycles. The fourth-order valence-corrected chi connectivity index (χ4v) is 3.49. The summed E-state index contributed by atoms with van der Waals surface area (Å²) in [6, 6.07) is 0.504. The lowest BCUT2D eigenvalue weighted by molar-refractivity contribution is -0.115. The molecule has 0 fully saturated rings. The molecule has 16 heavy (non-hydrogen) atoms. The second kappa shape index (κ2) is 7.19. The van der Waals surface area contributed by atoms with Crippen LogP contribution in [-0.4, -0.2) is 41.3 Å². The molecular weight excluding hydrogens is 248 g/mol. The summed E-state index contributed by atoms with van der Waals surface area (Å²) in [5.41, 5.74) is 0.458. The maximum Gasteiger partial charge on any atom is 0.500 e. The Morgan fingerprint density at radius 3 is 2.06 bits per heavy atom. The number of carbonyl (C=O) groups is 1. The van der Waals surface area contributed by atoms with Crippen molar-refractivity contribution in [3.05, 3.63) is 12.2 Å². The molecule has 0 heterocycles. The standard InChI is InChI=1S/C10H19ClO4Si/c1-8(2)10(12)9(11)6-7-16(13-3,14-4)15-5/h9H,1,6-7H2,2-5H3. The SMILES string of the molecule is C=C(C)C(=O)C(Cl)CC[Si](OC)(OC)OC. The summed E-state index contributed by atoms with van der Waals surface area (Å²) < 4.78 is 15.7. The maximum absolute atomic E-state index is 11.5. The van der Waals surface area contributed by atoms with E-state index in [1.54, 1.807) is 6.92 Å². The Labute approximate surface area is 103 Å². The first-order chi connectivity index (χ1) is 7.42. The predicted molar refractivity (Wildman–Crippen MR) is 65.7 cm³/mol. The highest BCUT2D eigenvalue weighted by atomic mass is 35.5. The number of hydrogen-bond acceptors (Lipinski definition) is 4. The van der Waals surface area contributed by atoms with E-state index in [0.29, 0.717) is 18.0 Å². The molecule has 0 aliphatic heterocycles. The molecule has 1 unspecified atom stereocenters. The van der Waals surface area contributed by atoms with E-state index in [4.69, 9.17) is 24.9 Å². The van der Waals surface area contributed by atoms with Crippen molar-refractivity contribution < 1.29 is 18.1 Å². The third kappa shape index (κ3) is 4.35. The number of carbonyl (C=O) groups excluding carboxylic acids is 1. The van der Waals surface area contributed by atoms with E-state index < -0.39 is 14.2 Å². The van der Waals surface area contributed by atoms with Gasteiger partial charge in [0.05, 0.1) is 5.38 Å². The van der Waals surface area contributed by atoms with Crippen molar-refractivity contribution in [2.75, 3.05) is 21.3 Å². The molecule has 0 N–H and O–H groups in total. The third-order valence-corrected chi connectivity index (χ3v) is 5.53. The zero-order chi connectivity index (χ0) is 12.8. The Morgan fingerprint density at radius 1 is 1.31 bits per heavy atom. The van der Waals surface area contributed by atoms with Gasteiger partial charge in [-0.05, 0) is 18.9 Å². The summed E-state index contributed by atoms with van der Waals surface area (Å²) in [6.07, 6.45) is 0.453. The van der Waals surface area contributed by atoms with Crippen LogP contribution in [0.15, 0.2) is 12.2 Å². The molecule has 6 heteroatoms. The number of Topliss-reactive ketones (excluding diaryl/α,β-unsaturated/α-hetero) is 1. The van der Waals surface area contributed by atoms with Gasteiger partial charge in [0.25, 0.3) is 0 Å². The van der Waals surface area contributed by atoms with E-state index in [0.717, 1.165) is 0 Å². The third-order valence-electron chi connectivity index (χ3n) is 2.34. The van der Waals surface area contributed by atoms with Crippen molar-refractivity contribution in [3.63, 3.8) is 0 Å². The Kier molecular flexibility index (Phi) is 7.10. The van der Waals surface area contributed by atoms with Gasteiger partial charge in [-0.2, -0.15) is 0 Å². The van der Waals surface area contributed by atoms with Gasteiger partial charge in [0.15, 0.2) is 5.78 Å². The minimum absolute atomic E-state index is 0.145. The number of rotatable bonds is 8. The average molecular weight is 267 g/mol. The Balaban J connectivity index is 4.31. The second-order valence-corrected chi connectivity index (χ2v) is 7.06. The van der Waals surface area contributed by atoms with Crippen LogP contribution in [0, 0.1) is 0 Å². The highest BCUT2D eigenvalue weighted by molar-refractivity contribution is 6.60.